The lowest BCUT2D eigenvalue weighted by Crippen LogP contribution is -2.07. The van der Waals surface area contributed by atoms with Crippen molar-refractivity contribution in [1.82, 2.24) is 9.97 Å². The molecule has 1 fully saturated rings. The summed E-state index contributed by atoms with van der Waals surface area (Å²) in [7, 11) is 0. The lowest BCUT2D eigenvalue weighted by atomic mass is 10.1. The van der Waals surface area contributed by atoms with Crippen LogP contribution < -0.4 is 10.6 Å². The number of aromatic nitrogens is 2. The van der Waals surface area contributed by atoms with Gasteiger partial charge in [-0.3, -0.25) is 0 Å². The van der Waals surface area contributed by atoms with Crippen molar-refractivity contribution >= 4 is 29.1 Å². The molecular weight excluding hydrogens is 332 g/mol. The molecule has 0 aliphatic heterocycles. The van der Waals surface area contributed by atoms with Gasteiger partial charge in [0.1, 0.15) is 5.82 Å². The van der Waals surface area contributed by atoms with Gasteiger partial charge in [-0.05, 0) is 37.5 Å². The Morgan fingerprint density at radius 3 is 2.56 bits per heavy atom. The van der Waals surface area contributed by atoms with E-state index in [1.807, 2.05) is 49.4 Å². The van der Waals surface area contributed by atoms with Crippen LogP contribution in [0.1, 0.15) is 18.4 Å². The number of nitrogens with one attached hydrogen (secondary N) is 2. The molecule has 1 aromatic heterocycles. The van der Waals surface area contributed by atoms with Crippen molar-refractivity contribution in [3.8, 4) is 11.3 Å². The molecule has 0 radical (unpaired) electrons. The summed E-state index contributed by atoms with van der Waals surface area (Å²) in [5, 5.41) is 7.49. The summed E-state index contributed by atoms with van der Waals surface area (Å²) >= 11 is 6.22. The van der Waals surface area contributed by atoms with Gasteiger partial charge in [0.15, 0.2) is 0 Å². The quantitative estimate of drug-likeness (QED) is 0.644. The van der Waals surface area contributed by atoms with Crippen LogP contribution in [0.25, 0.3) is 11.3 Å². The van der Waals surface area contributed by atoms with E-state index in [4.69, 9.17) is 16.6 Å². The molecule has 5 heteroatoms. The molecule has 2 N–H and O–H groups in total. The standard InChI is InChI=1S/C20H19ClN4/c1-13-16(21)8-5-9-17(13)23-20-24-18(14-6-3-2-4-7-14)12-19(25-20)22-15-10-11-15/h2-9,12,15H,10-11H2,1H3,(H2,22,23,24,25). The number of anilines is 3. The molecule has 25 heavy (non-hydrogen) atoms. The molecule has 3 aromatic rings. The maximum Gasteiger partial charge on any atom is 0.229 e. The van der Waals surface area contributed by atoms with Gasteiger partial charge >= 0.3 is 0 Å². The van der Waals surface area contributed by atoms with Crippen molar-refractivity contribution in [3.63, 3.8) is 0 Å². The normalized spacial score (nSPS) is 13.5. The third-order valence-electron chi connectivity index (χ3n) is 4.24. The van der Waals surface area contributed by atoms with Gasteiger partial charge in [0.05, 0.1) is 5.69 Å². The number of hydrogen-bond donors (Lipinski definition) is 2. The molecule has 0 atom stereocenters. The van der Waals surface area contributed by atoms with Crippen LogP contribution in [0.5, 0.6) is 0 Å². The highest BCUT2D eigenvalue weighted by atomic mass is 35.5. The van der Waals surface area contributed by atoms with Gasteiger partial charge in [-0.15, -0.1) is 0 Å². The molecule has 1 heterocycles. The second-order valence-corrected chi connectivity index (χ2v) is 6.69. The Morgan fingerprint density at radius 2 is 1.80 bits per heavy atom. The van der Waals surface area contributed by atoms with Crippen LogP contribution in [-0.4, -0.2) is 16.0 Å². The van der Waals surface area contributed by atoms with E-state index < -0.39 is 0 Å². The molecular formula is C20H19ClN4. The maximum atomic E-state index is 6.22. The Balaban J connectivity index is 1.71. The first-order valence-electron chi connectivity index (χ1n) is 8.42. The Labute approximate surface area is 152 Å². The predicted octanol–water partition coefficient (Wildman–Crippen LogP) is 5.42. The molecule has 1 saturated carbocycles. The van der Waals surface area contributed by atoms with Crippen LogP contribution in [-0.2, 0) is 0 Å². The van der Waals surface area contributed by atoms with E-state index in [1.54, 1.807) is 0 Å². The summed E-state index contributed by atoms with van der Waals surface area (Å²) in [5.74, 6) is 1.41. The Morgan fingerprint density at radius 1 is 1.00 bits per heavy atom. The Kier molecular flexibility index (Phi) is 4.28. The highest BCUT2D eigenvalue weighted by Gasteiger charge is 2.22. The predicted molar refractivity (Wildman–Crippen MR) is 104 cm³/mol. The van der Waals surface area contributed by atoms with Crippen molar-refractivity contribution in [2.24, 2.45) is 0 Å². The van der Waals surface area contributed by atoms with Crippen LogP contribution in [0.15, 0.2) is 54.6 Å². The second-order valence-electron chi connectivity index (χ2n) is 6.28. The van der Waals surface area contributed by atoms with Crippen molar-refractivity contribution in [2.45, 2.75) is 25.8 Å². The minimum absolute atomic E-state index is 0.527. The van der Waals surface area contributed by atoms with Crippen LogP contribution in [0.2, 0.25) is 5.02 Å². The fourth-order valence-electron chi connectivity index (χ4n) is 2.63. The van der Waals surface area contributed by atoms with Crippen LogP contribution in [0.4, 0.5) is 17.5 Å². The number of nitrogens with zero attached hydrogens (tertiary/aromatic N) is 2. The monoisotopic (exact) mass is 350 g/mol. The van der Waals surface area contributed by atoms with Crippen LogP contribution in [0.3, 0.4) is 0 Å². The third kappa shape index (κ3) is 3.74. The van der Waals surface area contributed by atoms with Crippen molar-refractivity contribution < 1.29 is 0 Å². The molecule has 1 aliphatic rings. The average Bonchev–Trinajstić information content (AvgIpc) is 3.43. The van der Waals surface area contributed by atoms with Gasteiger partial charge in [-0.25, -0.2) is 4.98 Å². The number of halogens is 1. The summed E-state index contributed by atoms with van der Waals surface area (Å²) in [4.78, 5) is 9.32. The molecule has 4 rings (SSSR count). The maximum absolute atomic E-state index is 6.22. The zero-order chi connectivity index (χ0) is 17.2. The van der Waals surface area contributed by atoms with Crippen molar-refractivity contribution in [3.05, 3.63) is 65.2 Å². The van der Waals surface area contributed by atoms with Gasteiger partial charge in [0.2, 0.25) is 5.95 Å². The highest BCUT2D eigenvalue weighted by molar-refractivity contribution is 6.31. The first-order chi connectivity index (χ1) is 12.2. The van der Waals surface area contributed by atoms with Crippen molar-refractivity contribution in [1.29, 1.82) is 0 Å². The highest BCUT2D eigenvalue weighted by Crippen LogP contribution is 2.29. The topological polar surface area (TPSA) is 49.8 Å². The summed E-state index contributed by atoms with van der Waals surface area (Å²) < 4.78 is 0. The summed E-state index contributed by atoms with van der Waals surface area (Å²) in [6.07, 6.45) is 2.39. The average molecular weight is 351 g/mol. The van der Waals surface area contributed by atoms with E-state index in [-0.39, 0.29) is 0 Å². The molecule has 0 saturated heterocycles. The molecule has 2 aromatic carbocycles. The van der Waals surface area contributed by atoms with Gasteiger partial charge in [0, 0.05) is 28.4 Å². The molecule has 0 spiro atoms. The van der Waals surface area contributed by atoms with Gasteiger partial charge < -0.3 is 10.6 Å². The van der Waals surface area contributed by atoms with Gasteiger partial charge in [0.25, 0.3) is 0 Å². The molecule has 126 valence electrons. The van der Waals surface area contributed by atoms with E-state index in [2.05, 4.69) is 27.8 Å². The van der Waals surface area contributed by atoms with Gasteiger partial charge in [-0.1, -0.05) is 48.0 Å². The lowest BCUT2D eigenvalue weighted by molar-refractivity contribution is 1.08. The molecule has 1 aliphatic carbocycles. The number of benzene rings is 2. The summed E-state index contributed by atoms with van der Waals surface area (Å²) in [6, 6.07) is 18.4. The first-order valence-corrected chi connectivity index (χ1v) is 8.80. The summed E-state index contributed by atoms with van der Waals surface area (Å²) in [6.45, 7) is 1.98. The molecule has 0 bridgehead atoms. The first kappa shape index (κ1) is 15.9. The van der Waals surface area contributed by atoms with Gasteiger partial charge in [-0.2, -0.15) is 4.98 Å². The van der Waals surface area contributed by atoms with E-state index in [0.717, 1.165) is 33.3 Å². The number of hydrogen-bond acceptors (Lipinski definition) is 4. The Hall–Kier alpha value is -2.59. The Bertz CT molecular complexity index is 891. The largest absolute Gasteiger partial charge is 0.367 e. The second kappa shape index (κ2) is 6.73. The molecule has 4 nitrogen and oxygen atoms in total. The smallest absolute Gasteiger partial charge is 0.229 e. The van der Waals surface area contributed by atoms with E-state index in [0.29, 0.717) is 12.0 Å². The van der Waals surface area contributed by atoms with Crippen molar-refractivity contribution in [2.75, 3.05) is 10.6 Å². The van der Waals surface area contributed by atoms with E-state index >= 15 is 0 Å². The summed E-state index contributed by atoms with van der Waals surface area (Å²) in [5.41, 5.74) is 3.85. The zero-order valence-electron chi connectivity index (χ0n) is 14.0. The molecule has 0 unspecified atom stereocenters. The van der Waals surface area contributed by atoms with E-state index in [1.165, 1.54) is 12.8 Å². The number of rotatable bonds is 5. The zero-order valence-corrected chi connectivity index (χ0v) is 14.7. The van der Waals surface area contributed by atoms with Crippen LogP contribution in [0, 0.1) is 6.92 Å². The third-order valence-corrected chi connectivity index (χ3v) is 4.65. The van der Waals surface area contributed by atoms with Crippen LogP contribution >= 0.6 is 11.6 Å². The fraction of sp³-hybridized carbons (Fsp3) is 0.200. The SMILES string of the molecule is Cc1c(Cl)cccc1Nc1nc(NC2CC2)cc(-c2ccccc2)n1. The van der Waals surface area contributed by atoms with E-state index in [9.17, 15) is 0 Å². The fourth-order valence-corrected chi connectivity index (χ4v) is 2.81. The lowest BCUT2D eigenvalue weighted by Gasteiger charge is -2.13. The minimum atomic E-state index is 0.527. The molecule has 0 amide bonds. The minimum Gasteiger partial charge on any atom is -0.367 e.